The highest BCUT2D eigenvalue weighted by Gasteiger charge is 2.31. The minimum Gasteiger partial charge on any atom is -0.496 e. The molecule has 8 nitrogen and oxygen atoms in total. The van der Waals surface area contributed by atoms with Gasteiger partial charge in [0, 0.05) is 31.1 Å². The van der Waals surface area contributed by atoms with Gasteiger partial charge in [-0.1, -0.05) is 42.5 Å². The zero-order valence-corrected chi connectivity index (χ0v) is 21.2. The third kappa shape index (κ3) is 4.39. The van der Waals surface area contributed by atoms with Gasteiger partial charge in [0.15, 0.2) is 0 Å². The quantitative estimate of drug-likeness (QED) is 0.448. The number of nitrogens with zero attached hydrogens (tertiary/aromatic N) is 3. The molecule has 1 N–H and O–H groups in total. The molecule has 2 amide bonds. The molecule has 1 aliphatic heterocycles. The molecule has 0 radical (unpaired) electrons. The number of hydrogen-bond donors (Lipinski definition) is 1. The van der Waals surface area contributed by atoms with E-state index in [1.807, 2.05) is 61.5 Å². The first kappa shape index (κ1) is 24.4. The second-order valence-corrected chi connectivity index (χ2v) is 9.38. The molecule has 1 atom stereocenters. The SMILES string of the molecule is COc1ccc(C(=O)N2CCCC(C(=O)Nc3c(C)n(C)n(-c4ccccc4)c3=O)C2)c2ccccc12. The number of para-hydroxylation sites is 1. The maximum atomic E-state index is 13.5. The second kappa shape index (κ2) is 9.97. The molecule has 0 aliphatic carbocycles. The number of nitrogens with one attached hydrogen (secondary N) is 1. The van der Waals surface area contributed by atoms with Crippen LogP contribution in [0.1, 0.15) is 28.9 Å². The molecule has 1 saturated heterocycles. The summed E-state index contributed by atoms with van der Waals surface area (Å²) in [6.07, 6.45) is 1.36. The van der Waals surface area contributed by atoms with Crippen molar-refractivity contribution in [2.75, 3.05) is 25.5 Å². The Morgan fingerprint density at radius 1 is 0.973 bits per heavy atom. The average molecular weight is 499 g/mol. The molecule has 1 aromatic heterocycles. The van der Waals surface area contributed by atoms with E-state index in [1.54, 1.807) is 35.9 Å². The highest BCUT2D eigenvalue weighted by atomic mass is 16.5. The number of likely N-dealkylation sites (tertiary alicyclic amines) is 1. The van der Waals surface area contributed by atoms with Gasteiger partial charge in [-0.2, -0.15) is 0 Å². The summed E-state index contributed by atoms with van der Waals surface area (Å²) in [5, 5.41) is 4.57. The van der Waals surface area contributed by atoms with Crippen molar-refractivity contribution in [3.05, 3.63) is 88.3 Å². The topological polar surface area (TPSA) is 85.6 Å². The van der Waals surface area contributed by atoms with Crippen molar-refractivity contribution < 1.29 is 14.3 Å². The van der Waals surface area contributed by atoms with E-state index in [-0.39, 0.29) is 23.1 Å². The monoisotopic (exact) mass is 498 g/mol. The molecule has 1 aliphatic rings. The molecule has 0 saturated carbocycles. The Hall–Kier alpha value is -4.33. The Kier molecular flexibility index (Phi) is 6.56. The molecule has 0 bridgehead atoms. The van der Waals surface area contributed by atoms with E-state index >= 15 is 0 Å². The number of rotatable bonds is 5. The molecule has 4 aromatic rings. The van der Waals surface area contributed by atoms with Crippen molar-refractivity contribution in [3.63, 3.8) is 0 Å². The van der Waals surface area contributed by atoms with E-state index in [4.69, 9.17) is 4.74 Å². The van der Waals surface area contributed by atoms with Gasteiger partial charge in [-0.05, 0) is 49.4 Å². The summed E-state index contributed by atoms with van der Waals surface area (Å²) in [4.78, 5) is 41.8. The van der Waals surface area contributed by atoms with Crippen LogP contribution in [0.3, 0.4) is 0 Å². The van der Waals surface area contributed by atoms with Crippen molar-refractivity contribution >= 4 is 28.3 Å². The van der Waals surface area contributed by atoms with E-state index in [0.29, 0.717) is 42.9 Å². The standard InChI is InChI=1S/C29H30N4O4/c1-19-26(29(36)33(31(19)2)21-11-5-4-6-12-21)30-27(34)20-10-9-17-32(18-20)28(35)24-15-16-25(37-3)23-14-8-7-13-22(23)24/h4-8,11-16,20H,9-10,17-18H2,1-3H3,(H,30,34). The molecule has 8 heteroatoms. The van der Waals surface area contributed by atoms with Gasteiger partial charge in [-0.25, -0.2) is 4.68 Å². The molecular formula is C29H30N4O4. The fraction of sp³-hybridized carbons (Fsp3) is 0.276. The molecule has 5 rings (SSSR count). The van der Waals surface area contributed by atoms with Crippen molar-refractivity contribution in [3.8, 4) is 11.4 Å². The minimum absolute atomic E-state index is 0.112. The third-order valence-corrected chi connectivity index (χ3v) is 7.22. The number of amides is 2. The van der Waals surface area contributed by atoms with Gasteiger partial charge in [0.2, 0.25) is 5.91 Å². The lowest BCUT2D eigenvalue weighted by Crippen LogP contribution is -2.44. The first-order valence-electron chi connectivity index (χ1n) is 12.4. The van der Waals surface area contributed by atoms with Gasteiger partial charge in [0.25, 0.3) is 11.5 Å². The molecule has 2 heterocycles. The number of methoxy groups -OCH3 is 1. The lowest BCUT2D eigenvalue weighted by molar-refractivity contribution is -0.121. The van der Waals surface area contributed by atoms with Crippen LogP contribution in [0.4, 0.5) is 5.69 Å². The summed E-state index contributed by atoms with van der Waals surface area (Å²) >= 11 is 0. The van der Waals surface area contributed by atoms with Crippen LogP contribution in [0, 0.1) is 12.8 Å². The molecule has 1 fully saturated rings. The Morgan fingerprint density at radius 2 is 1.68 bits per heavy atom. The van der Waals surface area contributed by atoms with Crippen LogP contribution in [0.5, 0.6) is 5.75 Å². The van der Waals surface area contributed by atoms with E-state index in [0.717, 1.165) is 16.5 Å². The number of piperidine rings is 1. The number of carbonyl (C=O) groups is 2. The maximum absolute atomic E-state index is 13.5. The summed E-state index contributed by atoms with van der Waals surface area (Å²) in [5.74, 6) is -0.0596. The first-order valence-corrected chi connectivity index (χ1v) is 12.4. The summed E-state index contributed by atoms with van der Waals surface area (Å²) in [6, 6.07) is 20.6. The molecule has 1 unspecified atom stereocenters. The van der Waals surface area contributed by atoms with Crippen molar-refractivity contribution in [1.29, 1.82) is 0 Å². The summed E-state index contributed by atoms with van der Waals surface area (Å²) in [6.45, 7) is 2.68. The van der Waals surface area contributed by atoms with Crippen LogP contribution in [-0.4, -0.2) is 46.3 Å². The smallest absolute Gasteiger partial charge is 0.295 e. The van der Waals surface area contributed by atoms with Crippen LogP contribution in [0.2, 0.25) is 0 Å². The van der Waals surface area contributed by atoms with Gasteiger partial charge in [-0.3, -0.25) is 19.1 Å². The Bertz CT molecular complexity index is 1540. The molecule has 190 valence electrons. The molecule has 37 heavy (non-hydrogen) atoms. The van der Waals surface area contributed by atoms with E-state index < -0.39 is 5.92 Å². The van der Waals surface area contributed by atoms with Crippen LogP contribution < -0.4 is 15.6 Å². The average Bonchev–Trinajstić information content (AvgIpc) is 3.15. The number of benzene rings is 3. The van der Waals surface area contributed by atoms with Crippen LogP contribution in [0.25, 0.3) is 16.5 Å². The van der Waals surface area contributed by atoms with Crippen molar-refractivity contribution in [2.45, 2.75) is 19.8 Å². The number of hydrogen-bond acceptors (Lipinski definition) is 4. The van der Waals surface area contributed by atoms with Crippen LogP contribution >= 0.6 is 0 Å². The second-order valence-electron chi connectivity index (χ2n) is 9.38. The van der Waals surface area contributed by atoms with Crippen LogP contribution in [-0.2, 0) is 11.8 Å². The molecule has 0 spiro atoms. The van der Waals surface area contributed by atoms with E-state index in [1.165, 1.54) is 4.68 Å². The fourth-order valence-corrected chi connectivity index (χ4v) is 5.12. The molecule has 3 aromatic carbocycles. The predicted molar refractivity (Wildman–Crippen MR) is 144 cm³/mol. The number of anilines is 1. The number of ether oxygens (including phenoxy) is 1. The van der Waals surface area contributed by atoms with Crippen molar-refractivity contribution in [2.24, 2.45) is 13.0 Å². The Morgan fingerprint density at radius 3 is 2.41 bits per heavy atom. The van der Waals surface area contributed by atoms with Gasteiger partial charge in [0.05, 0.1) is 24.4 Å². The zero-order valence-electron chi connectivity index (χ0n) is 21.2. The summed E-state index contributed by atoms with van der Waals surface area (Å²) < 4.78 is 8.74. The van der Waals surface area contributed by atoms with Gasteiger partial charge >= 0.3 is 0 Å². The normalized spacial score (nSPS) is 15.5. The van der Waals surface area contributed by atoms with Crippen LogP contribution in [0.15, 0.2) is 71.5 Å². The third-order valence-electron chi connectivity index (χ3n) is 7.22. The lowest BCUT2D eigenvalue weighted by atomic mass is 9.95. The number of carbonyl (C=O) groups excluding carboxylic acids is 2. The first-order chi connectivity index (χ1) is 17.9. The van der Waals surface area contributed by atoms with E-state index in [2.05, 4.69) is 5.32 Å². The highest BCUT2D eigenvalue weighted by Crippen LogP contribution is 2.30. The minimum atomic E-state index is -0.411. The summed E-state index contributed by atoms with van der Waals surface area (Å²) in [7, 11) is 3.40. The zero-order chi connectivity index (χ0) is 26.1. The maximum Gasteiger partial charge on any atom is 0.295 e. The summed E-state index contributed by atoms with van der Waals surface area (Å²) in [5.41, 5.74) is 1.95. The predicted octanol–water partition coefficient (Wildman–Crippen LogP) is 4.14. The van der Waals surface area contributed by atoms with Crippen molar-refractivity contribution in [1.82, 2.24) is 14.3 Å². The number of aromatic nitrogens is 2. The van der Waals surface area contributed by atoms with Gasteiger partial charge < -0.3 is 15.0 Å². The highest BCUT2D eigenvalue weighted by molar-refractivity contribution is 6.08. The Balaban J connectivity index is 1.37. The largest absolute Gasteiger partial charge is 0.496 e. The van der Waals surface area contributed by atoms with Gasteiger partial charge in [0.1, 0.15) is 11.4 Å². The number of fused-ring (bicyclic) bond motifs is 1. The van der Waals surface area contributed by atoms with E-state index in [9.17, 15) is 14.4 Å². The molecular weight excluding hydrogens is 468 g/mol. The van der Waals surface area contributed by atoms with Gasteiger partial charge in [-0.15, -0.1) is 0 Å². The fourth-order valence-electron chi connectivity index (χ4n) is 5.12. The lowest BCUT2D eigenvalue weighted by Gasteiger charge is -2.32. The Labute approximate surface area is 215 Å².